The lowest BCUT2D eigenvalue weighted by molar-refractivity contribution is -0.120. The Morgan fingerprint density at radius 2 is 1.56 bits per heavy atom. The van der Waals surface area contributed by atoms with Gasteiger partial charge in [0, 0.05) is 5.56 Å². The zero-order valence-corrected chi connectivity index (χ0v) is 14.6. The molecule has 0 aliphatic rings. The summed E-state index contributed by atoms with van der Waals surface area (Å²) < 4.78 is 0. The van der Waals surface area contributed by atoms with Gasteiger partial charge < -0.3 is 5.32 Å². The fraction of sp³-hybridized carbons (Fsp3) is 0.167. The second-order valence-electron chi connectivity index (χ2n) is 5.54. The number of halogens is 1. The van der Waals surface area contributed by atoms with E-state index >= 15 is 0 Å². The Morgan fingerprint density at radius 1 is 0.920 bits per heavy atom. The van der Waals surface area contributed by atoms with Crippen molar-refractivity contribution in [3.63, 3.8) is 0 Å². The molecule has 3 amide bonds. The third-order valence-corrected chi connectivity index (χ3v) is 3.66. The van der Waals surface area contributed by atoms with E-state index < -0.39 is 11.8 Å². The van der Waals surface area contributed by atoms with Gasteiger partial charge in [-0.05, 0) is 38.1 Å². The van der Waals surface area contributed by atoms with Crippen molar-refractivity contribution in [2.24, 2.45) is 0 Å². The summed E-state index contributed by atoms with van der Waals surface area (Å²) in [5, 5.41) is 2.78. The van der Waals surface area contributed by atoms with Crippen LogP contribution in [0, 0.1) is 13.8 Å². The molecule has 0 atom stereocenters. The van der Waals surface area contributed by atoms with E-state index in [-0.39, 0.29) is 23.0 Å². The van der Waals surface area contributed by atoms with Crippen LogP contribution < -0.4 is 16.2 Å². The molecule has 0 radical (unpaired) electrons. The number of nitrogens with one attached hydrogen (secondary N) is 3. The van der Waals surface area contributed by atoms with Crippen LogP contribution in [-0.2, 0) is 4.79 Å². The minimum absolute atomic E-state index is 0.240. The average molecular weight is 360 g/mol. The number of hydrogen-bond donors (Lipinski definition) is 3. The van der Waals surface area contributed by atoms with Gasteiger partial charge in [-0.3, -0.25) is 25.2 Å². The highest BCUT2D eigenvalue weighted by Crippen LogP contribution is 2.14. The molecule has 6 nitrogen and oxygen atoms in total. The largest absolute Gasteiger partial charge is 0.343 e. The fourth-order valence-corrected chi connectivity index (χ4v) is 2.47. The van der Waals surface area contributed by atoms with Crippen molar-refractivity contribution >= 4 is 29.3 Å². The highest BCUT2D eigenvalue weighted by atomic mass is 35.5. The lowest BCUT2D eigenvalue weighted by atomic mass is 10.1. The zero-order chi connectivity index (χ0) is 18.4. The normalized spacial score (nSPS) is 10.0. The van der Waals surface area contributed by atoms with Gasteiger partial charge in [-0.2, -0.15) is 0 Å². The maximum atomic E-state index is 12.1. The molecule has 2 aromatic carbocycles. The van der Waals surface area contributed by atoms with Crippen molar-refractivity contribution in [3.05, 3.63) is 69.7 Å². The first-order chi connectivity index (χ1) is 11.9. The van der Waals surface area contributed by atoms with Gasteiger partial charge in [-0.25, -0.2) is 0 Å². The Balaban J connectivity index is 1.83. The Morgan fingerprint density at radius 3 is 2.20 bits per heavy atom. The molecule has 0 aliphatic carbocycles. The van der Waals surface area contributed by atoms with E-state index in [9.17, 15) is 14.4 Å². The number of carbonyl (C=O) groups excluding carboxylic acids is 3. The van der Waals surface area contributed by atoms with Crippen molar-refractivity contribution in [3.8, 4) is 0 Å². The van der Waals surface area contributed by atoms with E-state index in [1.54, 1.807) is 30.3 Å². The van der Waals surface area contributed by atoms with Crippen LogP contribution in [-0.4, -0.2) is 24.3 Å². The summed E-state index contributed by atoms with van der Waals surface area (Å²) in [6.07, 6.45) is 0. The van der Waals surface area contributed by atoms with Crippen molar-refractivity contribution in [1.82, 2.24) is 16.2 Å². The van der Waals surface area contributed by atoms with Crippen LogP contribution in [0.15, 0.2) is 42.5 Å². The quantitative estimate of drug-likeness (QED) is 0.731. The smallest absolute Gasteiger partial charge is 0.271 e. The lowest BCUT2D eigenvalue weighted by Gasteiger charge is -2.10. The summed E-state index contributed by atoms with van der Waals surface area (Å²) in [6, 6.07) is 11.9. The van der Waals surface area contributed by atoms with Crippen LogP contribution in [0.25, 0.3) is 0 Å². The molecular weight excluding hydrogens is 342 g/mol. The lowest BCUT2D eigenvalue weighted by Crippen LogP contribution is -2.46. The van der Waals surface area contributed by atoms with Gasteiger partial charge in [0.15, 0.2) is 0 Å². The number of rotatable bonds is 4. The molecule has 0 bridgehead atoms. The summed E-state index contributed by atoms with van der Waals surface area (Å²) in [5.41, 5.74) is 7.11. The maximum absolute atomic E-state index is 12.1. The summed E-state index contributed by atoms with van der Waals surface area (Å²) in [5.74, 6) is -1.46. The van der Waals surface area contributed by atoms with Crippen LogP contribution in [0.4, 0.5) is 0 Å². The molecule has 0 aliphatic heterocycles. The standard InChI is InChI=1S/C18H18ClN3O3/c1-11-7-12(2)9-13(8-11)17(24)20-10-16(23)21-22-18(25)14-5-3-4-6-15(14)19/h3-9H,10H2,1-2H3,(H,20,24)(H,21,23)(H,22,25). The van der Waals surface area contributed by atoms with Crippen molar-refractivity contribution in [2.75, 3.05) is 6.54 Å². The molecule has 3 N–H and O–H groups in total. The van der Waals surface area contributed by atoms with Gasteiger partial charge in [0.25, 0.3) is 17.7 Å². The number of hydrazine groups is 1. The van der Waals surface area contributed by atoms with Crippen molar-refractivity contribution in [2.45, 2.75) is 13.8 Å². The van der Waals surface area contributed by atoms with Gasteiger partial charge in [0.1, 0.15) is 0 Å². The highest BCUT2D eigenvalue weighted by Gasteiger charge is 2.12. The minimum atomic E-state index is -0.557. The Kier molecular flexibility index (Phi) is 6.14. The molecular formula is C18H18ClN3O3. The summed E-state index contributed by atoms with van der Waals surface area (Å²) in [7, 11) is 0. The minimum Gasteiger partial charge on any atom is -0.343 e. The molecule has 0 saturated carbocycles. The molecule has 0 spiro atoms. The maximum Gasteiger partial charge on any atom is 0.271 e. The second kappa shape index (κ2) is 8.30. The van der Waals surface area contributed by atoms with E-state index in [0.29, 0.717) is 5.56 Å². The number of carbonyl (C=O) groups is 3. The molecule has 0 heterocycles. The first-order valence-electron chi connectivity index (χ1n) is 7.57. The van der Waals surface area contributed by atoms with Gasteiger partial charge >= 0.3 is 0 Å². The zero-order valence-electron chi connectivity index (χ0n) is 13.9. The molecule has 2 aromatic rings. The Labute approximate surface area is 150 Å². The fourth-order valence-electron chi connectivity index (χ4n) is 2.25. The van der Waals surface area contributed by atoms with Gasteiger partial charge in [0.05, 0.1) is 17.1 Å². The number of benzene rings is 2. The predicted molar refractivity (Wildman–Crippen MR) is 95.3 cm³/mol. The summed E-state index contributed by atoms with van der Waals surface area (Å²) in [6.45, 7) is 3.51. The monoisotopic (exact) mass is 359 g/mol. The molecule has 0 unspecified atom stereocenters. The number of amides is 3. The third kappa shape index (κ3) is 5.32. The van der Waals surface area contributed by atoms with Crippen LogP contribution in [0.3, 0.4) is 0 Å². The van der Waals surface area contributed by atoms with Gasteiger partial charge in [-0.15, -0.1) is 0 Å². The van der Waals surface area contributed by atoms with Gasteiger partial charge in [-0.1, -0.05) is 40.9 Å². The molecule has 0 fully saturated rings. The number of hydrogen-bond acceptors (Lipinski definition) is 3. The first kappa shape index (κ1) is 18.5. The van der Waals surface area contributed by atoms with E-state index in [1.165, 1.54) is 6.07 Å². The van der Waals surface area contributed by atoms with Crippen LogP contribution >= 0.6 is 11.6 Å². The molecule has 0 saturated heterocycles. The molecule has 0 aromatic heterocycles. The molecule has 25 heavy (non-hydrogen) atoms. The first-order valence-corrected chi connectivity index (χ1v) is 7.95. The molecule has 7 heteroatoms. The molecule has 130 valence electrons. The van der Waals surface area contributed by atoms with E-state index in [4.69, 9.17) is 11.6 Å². The van der Waals surface area contributed by atoms with Crippen molar-refractivity contribution in [1.29, 1.82) is 0 Å². The highest BCUT2D eigenvalue weighted by molar-refractivity contribution is 6.33. The van der Waals surface area contributed by atoms with E-state index in [0.717, 1.165) is 11.1 Å². The van der Waals surface area contributed by atoms with Crippen LogP contribution in [0.5, 0.6) is 0 Å². The van der Waals surface area contributed by atoms with Crippen LogP contribution in [0.2, 0.25) is 5.02 Å². The SMILES string of the molecule is Cc1cc(C)cc(C(=O)NCC(=O)NNC(=O)c2ccccc2Cl)c1. The van der Waals surface area contributed by atoms with E-state index in [1.807, 2.05) is 19.9 Å². The van der Waals surface area contributed by atoms with E-state index in [2.05, 4.69) is 16.2 Å². The predicted octanol–water partition coefficient (Wildman–Crippen LogP) is 2.15. The third-order valence-electron chi connectivity index (χ3n) is 3.33. The Hall–Kier alpha value is -2.86. The topological polar surface area (TPSA) is 87.3 Å². The number of aryl methyl sites for hydroxylation is 2. The summed E-state index contributed by atoms with van der Waals surface area (Å²) >= 11 is 5.90. The summed E-state index contributed by atoms with van der Waals surface area (Å²) in [4.78, 5) is 35.7. The van der Waals surface area contributed by atoms with Crippen molar-refractivity contribution < 1.29 is 14.4 Å². The average Bonchev–Trinajstić information content (AvgIpc) is 2.57. The molecule has 2 rings (SSSR count). The van der Waals surface area contributed by atoms with Gasteiger partial charge in [0.2, 0.25) is 0 Å². The second-order valence-corrected chi connectivity index (χ2v) is 5.95. The Bertz CT molecular complexity index is 801. The van der Waals surface area contributed by atoms with Crippen LogP contribution in [0.1, 0.15) is 31.8 Å².